The minimum absolute atomic E-state index is 0.852. The van der Waals surface area contributed by atoms with Gasteiger partial charge in [-0.1, -0.05) is 84.3 Å². The second-order valence-electron chi connectivity index (χ2n) is 4.52. The summed E-state index contributed by atoms with van der Waals surface area (Å²) in [5, 5.41) is -1.32. The van der Waals surface area contributed by atoms with E-state index in [-0.39, 0.29) is 0 Å². The molecule has 20 heavy (non-hydrogen) atoms. The Morgan fingerprint density at radius 3 is 1.25 bits per heavy atom. The van der Waals surface area contributed by atoms with Crippen molar-refractivity contribution in [2.75, 3.05) is 12.3 Å². The molecule has 6 heteroatoms. The first kappa shape index (κ1) is 16.8. The smallest absolute Gasteiger partial charge is 0.0312 e. The third-order valence-corrected chi connectivity index (χ3v) is 12.2. The van der Waals surface area contributed by atoms with Gasteiger partial charge in [-0.15, -0.1) is 24.5 Å². The van der Waals surface area contributed by atoms with Crippen molar-refractivity contribution in [1.82, 2.24) is 0 Å². The fourth-order valence-electron chi connectivity index (χ4n) is 1.85. The Hall–Kier alpha value is 0.440. The van der Waals surface area contributed by atoms with Crippen LogP contribution in [-0.4, -0.2) is 12.3 Å². The van der Waals surface area contributed by atoms with Gasteiger partial charge < -0.3 is 0 Å². The highest BCUT2D eigenvalue weighted by molar-refractivity contribution is 8.67. The van der Waals surface area contributed by atoms with Crippen molar-refractivity contribution in [2.24, 2.45) is 0 Å². The summed E-state index contributed by atoms with van der Waals surface area (Å²) < 4.78 is 0. The van der Waals surface area contributed by atoms with Crippen molar-refractivity contribution in [3.8, 4) is 0 Å². The van der Waals surface area contributed by atoms with Crippen molar-refractivity contribution in [2.45, 2.75) is 0 Å². The Kier molecular flexibility index (Phi) is 5.99. The van der Waals surface area contributed by atoms with Crippen molar-refractivity contribution in [3.63, 3.8) is 0 Å². The molecule has 0 saturated heterocycles. The van der Waals surface area contributed by atoms with Crippen LogP contribution in [0.2, 0.25) is 0 Å². The number of hydrogen-bond donors (Lipinski definition) is 2. The Balaban J connectivity index is 2.12. The van der Waals surface area contributed by atoms with Gasteiger partial charge in [0.15, 0.2) is 0 Å². The van der Waals surface area contributed by atoms with Crippen LogP contribution in [0.25, 0.3) is 0 Å². The Morgan fingerprint density at radius 2 is 0.950 bits per heavy atom. The maximum Gasteiger partial charge on any atom is 0.0312 e. The summed E-state index contributed by atoms with van der Waals surface area (Å²) in [6, 6.07) is 20.3. The molecule has 0 heterocycles. The fraction of sp³-hybridized carbons (Fsp3) is 0.143. The first-order valence-electron chi connectivity index (χ1n) is 6.17. The number of benzene rings is 2. The fourth-order valence-corrected chi connectivity index (χ4v) is 10.4. The van der Waals surface area contributed by atoms with E-state index in [1.165, 1.54) is 0 Å². The third-order valence-electron chi connectivity index (χ3n) is 3.03. The highest BCUT2D eigenvalue weighted by Gasteiger charge is 2.20. The molecule has 2 unspecified atom stereocenters. The van der Waals surface area contributed by atoms with Gasteiger partial charge in [0.05, 0.1) is 0 Å². The highest BCUT2D eigenvalue weighted by Crippen LogP contribution is 2.57. The summed E-state index contributed by atoms with van der Waals surface area (Å²) in [6.45, 7) is 0. The molecule has 0 radical (unpaired) electrons. The van der Waals surface area contributed by atoms with Gasteiger partial charge in [-0.25, -0.2) is 0 Å². The second-order valence-corrected chi connectivity index (χ2v) is 18.7. The molecule has 0 aliphatic heterocycles. The van der Waals surface area contributed by atoms with Gasteiger partial charge in [0.25, 0.3) is 0 Å². The maximum absolute atomic E-state index is 5.74. The lowest BCUT2D eigenvalue weighted by Crippen LogP contribution is -2.09. The van der Waals surface area contributed by atoms with Crippen molar-refractivity contribution >= 4 is 69.2 Å². The summed E-state index contributed by atoms with van der Waals surface area (Å²) in [4.78, 5) is 0. The minimum atomic E-state index is -1.82. The molecule has 0 fully saturated rings. The molecule has 2 aromatic carbocycles. The first-order chi connectivity index (χ1) is 9.42. The molecule has 0 aliphatic rings. The van der Waals surface area contributed by atoms with Crippen LogP contribution in [0.3, 0.4) is 0 Å². The molecule has 0 N–H and O–H groups in total. The van der Waals surface area contributed by atoms with Crippen LogP contribution >= 0.6 is 35.0 Å². The molecule has 0 bridgehead atoms. The average Bonchev–Trinajstić information content (AvgIpc) is 2.47. The summed E-state index contributed by atoms with van der Waals surface area (Å²) in [6.07, 6.45) is 1.70. The maximum atomic E-state index is 5.74. The Bertz CT molecular complexity index is 596. The zero-order valence-corrected chi connectivity index (χ0v) is 16.0. The molecule has 0 nitrogen and oxygen atoms in total. The van der Waals surface area contributed by atoms with Crippen LogP contribution in [0.4, 0.5) is 0 Å². The van der Waals surface area contributed by atoms with E-state index in [9.17, 15) is 0 Å². The van der Waals surface area contributed by atoms with Crippen LogP contribution in [0, 0.1) is 0 Å². The van der Waals surface area contributed by atoms with Crippen LogP contribution in [0.15, 0.2) is 60.7 Å². The predicted molar refractivity (Wildman–Crippen MR) is 108 cm³/mol. The second kappa shape index (κ2) is 7.13. The number of hydrogen-bond acceptors (Lipinski definition) is 2. The molecule has 2 atom stereocenters. The topological polar surface area (TPSA) is 0 Å². The van der Waals surface area contributed by atoms with Crippen molar-refractivity contribution < 1.29 is 0 Å². The van der Waals surface area contributed by atoms with Gasteiger partial charge in [0, 0.05) is 10.5 Å². The van der Waals surface area contributed by atoms with Gasteiger partial charge in [-0.3, -0.25) is 0 Å². The van der Waals surface area contributed by atoms with Gasteiger partial charge in [0.2, 0.25) is 0 Å². The Morgan fingerprint density at radius 1 is 0.650 bits per heavy atom. The molecule has 0 aliphatic carbocycles. The van der Waals surface area contributed by atoms with Gasteiger partial charge in [0.1, 0.15) is 0 Å². The number of rotatable bonds is 5. The zero-order chi connectivity index (χ0) is 14.6. The van der Waals surface area contributed by atoms with Gasteiger partial charge in [-0.2, -0.15) is 0 Å². The Labute approximate surface area is 141 Å². The zero-order valence-electron chi connectivity index (χ0n) is 10.8. The molecule has 0 spiro atoms. The van der Waals surface area contributed by atoms with Crippen molar-refractivity contribution in [3.05, 3.63) is 60.7 Å². The summed E-state index contributed by atoms with van der Waals surface area (Å²) >= 11 is 21.0. The van der Waals surface area contributed by atoms with Crippen LogP contribution in [0.5, 0.6) is 0 Å². The number of thiol groups is 2. The first-order valence-corrected chi connectivity index (χ1v) is 14.4. The quantitative estimate of drug-likeness (QED) is 0.592. The largest absolute Gasteiger partial charge is 0.137 e. The molecule has 2 aromatic rings. The standard InChI is InChI=1S/C14H16P2S4/c17-15(18,13-7-3-1-4-8-13)11-12-16(19,20)14-9-5-2-6-10-14/h1-10H,11-12H2,(H,17,18)(H,19,20). The summed E-state index contributed by atoms with van der Waals surface area (Å²) in [5.41, 5.74) is 0. The molecule has 106 valence electrons. The summed E-state index contributed by atoms with van der Waals surface area (Å²) in [7, 11) is 0. The average molecular weight is 374 g/mol. The third kappa shape index (κ3) is 4.47. The summed E-state index contributed by atoms with van der Waals surface area (Å²) in [5.74, 6) is 0. The monoisotopic (exact) mass is 374 g/mol. The van der Waals surface area contributed by atoms with Crippen LogP contribution < -0.4 is 10.6 Å². The molecular weight excluding hydrogens is 358 g/mol. The molecular formula is C14H16P2S4. The SMILES string of the molecule is S=P(S)(CCP(=S)(S)c1ccccc1)c1ccccc1. The lowest BCUT2D eigenvalue weighted by molar-refractivity contribution is 1.53. The van der Waals surface area contributed by atoms with E-state index < -0.39 is 10.5 Å². The van der Waals surface area contributed by atoms with E-state index >= 15 is 0 Å². The predicted octanol–water partition coefficient (Wildman–Crippen LogP) is 4.29. The van der Waals surface area contributed by atoms with Gasteiger partial charge in [-0.05, 0) is 22.9 Å². The van der Waals surface area contributed by atoms with E-state index in [0.29, 0.717) is 0 Å². The van der Waals surface area contributed by atoms with Crippen LogP contribution in [-0.2, 0) is 23.6 Å². The highest BCUT2D eigenvalue weighted by atomic mass is 32.9. The van der Waals surface area contributed by atoms with E-state index in [2.05, 4.69) is 24.3 Å². The molecule has 0 aromatic heterocycles. The van der Waals surface area contributed by atoms with Crippen molar-refractivity contribution in [1.29, 1.82) is 0 Å². The van der Waals surface area contributed by atoms with Gasteiger partial charge >= 0.3 is 0 Å². The lowest BCUT2D eigenvalue weighted by atomic mass is 10.4. The molecule has 0 amide bonds. The van der Waals surface area contributed by atoms with E-state index in [4.69, 9.17) is 48.1 Å². The minimum Gasteiger partial charge on any atom is -0.137 e. The molecule has 2 rings (SSSR count). The van der Waals surface area contributed by atoms with E-state index in [1.54, 1.807) is 0 Å². The van der Waals surface area contributed by atoms with E-state index in [1.807, 2.05) is 36.4 Å². The lowest BCUT2D eigenvalue weighted by Gasteiger charge is -2.21. The van der Waals surface area contributed by atoms with E-state index in [0.717, 1.165) is 22.9 Å². The molecule has 0 saturated carbocycles. The van der Waals surface area contributed by atoms with Crippen LogP contribution in [0.1, 0.15) is 0 Å². The normalized spacial score (nSPS) is 17.1.